The lowest BCUT2D eigenvalue weighted by Crippen LogP contribution is -2.69. The number of fused-ring (bicyclic) bond motifs is 3. The van der Waals surface area contributed by atoms with Crippen LogP contribution in [-0.4, -0.2) is 153 Å². The predicted octanol–water partition coefficient (Wildman–Crippen LogP) is 1.19. The third-order valence-corrected chi connectivity index (χ3v) is 10.4. The van der Waals surface area contributed by atoms with E-state index in [0.717, 1.165) is 70.7 Å². The fraction of sp³-hybridized carbons (Fsp3) is 0.523. The zero-order valence-corrected chi connectivity index (χ0v) is 37.5. The van der Waals surface area contributed by atoms with Gasteiger partial charge in [-0.15, -0.1) is 0 Å². The lowest BCUT2D eigenvalue weighted by molar-refractivity contribution is -0.350. The first kappa shape index (κ1) is 51.3. The average Bonchev–Trinajstić information content (AvgIpc) is 3.56. The fourth-order valence-electron chi connectivity index (χ4n) is 7.86. The number of amides is 2. The Labute approximate surface area is 383 Å². The normalized spacial score (nSPS) is 25.7. The van der Waals surface area contributed by atoms with Crippen LogP contribution in [0.5, 0.6) is 0 Å². The second kappa shape index (κ2) is 23.2. The zero-order valence-electron chi connectivity index (χ0n) is 37.5. The second-order valence-electron chi connectivity index (χ2n) is 15.5. The van der Waals surface area contributed by atoms with Gasteiger partial charge in [-0.3, -0.25) is 33.6 Å². The van der Waals surface area contributed by atoms with Crippen molar-refractivity contribution in [1.82, 2.24) is 10.6 Å². The van der Waals surface area contributed by atoms with Crippen LogP contribution in [0, 0.1) is 0 Å². The Balaban J connectivity index is 1.43. The van der Waals surface area contributed by atoms with E-state index >= 15 is 0 Å². The summed E-state index contributed by atoms with van der Waals surface area (Å²) in [4.78, 5) is 113. The van der Waals surface area contributed by atoms with Crippen LogP contribution in [0.15, 0.2) is 48.5 Å². The molecule has 2 aromatic carbocycles. The van der Waals surface area contributed by atoms with Gasteiger partial charge in [-0.05, 0) is 22.3 Å². The first-order valence-corrected chi connectivity index (χ1v) is 20.9. The van der Waals surface area contributed by atoms with Gasteiger partial charge in [-0.25, -0.2) is 9.59 Å². The number of ether oxygens (including phenoxy) is 11. The molecule has 1 aliphatic carbocycles. The molecule has 5 rings (SSSR count). The zero-order chi connectivity index (χ0) is 49.1. The van der Waals surface area contributed by atoms with Gasteiger partial charge in [0.2, 0.25) is 5.91 Å². The molecule has 0 spiro atoms. The lowest BCUT2D eigenvalue weighted by atomic mass is 9.94. The van der Waals surface area contributed by atoms with Gasteiger partial charge in [-0.1, -0.05) is 48.5 Å². The molecule has 364 valence electrons. The van der Waals surface area contributed by atoms with Gasteiger partial charge in [0.05, 0.1) is 6.61 Å². The minimum atomic E-state index is -1.90. The van der Waals surface area contributed by atoms with E-state index < -0.39 is 141 Å². The quantitative estimate of drug-likeness (QED) is 0.140. The van der Waals surface area contributed by atoms with Gasteiger partial charge < -0.3 is 67.8 Å². The van der Waals surface area contributed by atoms with E-state index in [2.05, 4.69) is 10.6 Å². The number of nitrogens with one attached hydrogen (secondary N) is 2. The van der Waals surface area contributed by atoms with E-state index in [4.69, 9.17) is 52.1 Å². The molecule has 3 aliphatic rings. The minimum absolute atomic E-state index is 0.147. The van der Waals surface area contributed by atoms with Gasteiger partial charge in [0.15, 0.2) is 43.0 Å². The Morgan fingerprint density at radius 2 is 1.04 bits per heavy atom. The third kappa shape index (κ3) is 13.7. The molecule has 2 fully saturated rings. The van der Waals surface area contributed by atoms with E-state index in [9.17, 15) is 48.3 Å². The van der Waals surface area contributed by atoms with Crippen molar-refractivity contribution in [1.29, 1.82) is 0 Å². The topological polar surface area (TPSA) is 299 Å². The van der Waals surface area contributed by atoms with Crippen molar-refractivity contribution in [2.24, 2.45) is 0 Å². The van der Waals surface area contributed by atoms with Crippen molar-refractivity contribution < 1.29 is 100 Å². The van der Waals surface area contributed by atoms with Crippen molar-refractivity contribution >= 4 is 53.8 Å². The lowest BCUT2D eigenvalue weighted by Gasteiger charge is -2.49. The summed E-state index contributed by atoms with van der Waals surface area (Å²) in [5, 5.41) is 14.9. The van der Waals surface area contributed by atoms with Crippen molar-refractivity contribution in [3.63, 3.8) is 0 Å². The van der Waals surface area contributed by atoms with E-state index in [-0.39, 0.29) is 12.5 Å². The number of hydrogen-bond acceptors (Lipinski definition) is 20. The van der Waals surface area contributed by atoms with Crippen LogP contribution in [-0.2, 0) is 90.5 Å². The van der Waals surface area contributed by atoms with Crippen LogP contribution >= 0.6 is 0 Å². The first-order valence-electron chi connectivity index (χ1n) is 20.9. The maximum absolute atomic E-state index is 13.2. The Morgan fingerprint density at radius 3 is 1.55 bits per heavy atom. The van der Waals surface area contributed by atoms with Crippen molar-refractivity contribution in [2.45, 2.75) is 122 Å². The molecule has 0 radical (unpaired) electrons. The Bertz CT molecular complexity index is 2140. The number of hydrogen-bond donors (Lipinski definition) is 3. The summed E-state index contributed by atoms with van der Waals surface area (Å²) in [5.74, 6) is -8.10. The van der Waals surface area contributed by atoms with Gasteiger partial charge in [0.25, 0.3) is 0 Å². The molecule has 2 amide bonds. The molecule has 0 saturated carbocycles. The van der Waals surface area contributed by atoms with Crippen LogP contribution in [0.2, 0.25) is 0 Å². The largest absolute Gasteiger partial charge is 0.480 e. The number of carbonyl (C=O) groups is 9. The number of esters is 6. The molecule has 23 heteroatoms. The Hall–Kier alpha value is -6.69. The summed E-state index contributed by atoms with van der Waals surface area (Å²) in [7, 11) is 0. The highest BCUT2D eigenvalue weighted by atomic mass is 16.8. The van der Waals surface area contributed by atoms with Gasteiger partial charge >= 0.3 is 47.9 Å². The number of alkyl carbamates (subject to hydrolysis) is 1. The van der Waals surface area contributed by atoms with E-state index in [1.807, 2.05) is 48.5 Å². The monoisotopic (exact) mass is 944 g/mol. The third-order valence-electron chi connectivity index (χ3n) is 10.4. The molecule has 67 heavy (non-hydrogen) atoms. The summed E-state index contributed by atoms with van der Waals surface area (Å²) >= 11 is 0. The molecule has 11 atom stereocenters. The molecule has 0 bridgehead atoms. The highest BCUT2D eigenvalue weighted by Gasteiger charge is 2.57. The number of carboxylic acids is 1. The number of aliphatic carboxylic acids is 1. The maximum atomic E-state index is 13.2. The summed E-state index contributed by atoms with van der Waals surface area (Å²) in [6.45, 7) is 4.90. The van der Waals surface area contributed by atoms with Crippen LogP contribution in [0.3, 0.4) is 0 Å². The van der Waals surface area contributed by atoms with Gasteiger partial charge in [-0.2, -0.15) is 0 Å². The summed E-state index contributed by atoms with van der Waals surface area (Å²) in [6.07, 6.45) is -16.3. The molecule has 2 aromatic rings. The van der Waals surface area contributed by atoms with Crippen LogP contribution in [0.4, 0.5) is 4.79 Å². The smallest absolute Gasteiger partial charge is 0.407 e. The maximum Gasteiger partial charge on any atom is 0.407 e. The molecule has 2 saturated heterocycles. The number of carbonyl (C=O) groups excluding carboxylic acids is 8. The van der Waals surface area contributed by atoms with Gasteiger partial charge in [0, 0.05) is 54.4 Å². The highest BCUT2D eigenvalue weighted by Crippen LogP contribution is 2.44. The van der Waals surface area contributed by atoms with Gasteiger partial charge in [0.1, 0.15) is 44.2 Å². The average molecular weight is 945 g/mol. The first-order chi connectivity index (χ1) is 31.7. The van der Waals surface area contributed by atoms with Crippen molar-refractivity contribution in [3.8, 4) is 11.1 Å². The van der Waals surface area contributed by atoms with Crippen LogP contribution in [0.1, 0.15) is 65.5 Å². The standard InChI is InChI=1S/C44H52N2O21/c1-20(47)45-35-38(62-24(5)51)36(67-43-40(64-26(7)53)39(63-25(6)52)37(61-23(4)50)34(66-43)19-58-22(3)49)33(18-57-21(2)48)65-42(35)59-17-32(41(54)55)46-44(56)60-16-31-29-14-10-8-12-27(29)28-13-9-11-15-30(28)31/h8-15,31-40,42-43H,16-19H2,1-7H3,(H,45,47)(H,46,56)(H,54,55)/t32-,33+,34-,35-,36+,37-,38+,39+,40-,42+,43+/m0/s1. The summed E-state index contributed by atoms with van der Waals surface area (Å²) < 4.78 is 62.5. The Morgan fingerprint density at radius 1 is 0.567 bits per heavy atom. The van der Waals surface area contributed by atoms with Crippen LogP contribution < -0.4 is 10.6 Å². The fourth-order valence-corrected chi connectivity index (χ4v) is 7.86. The molecule has 0 unspecified atom stereocenters. The van der Waals surface area contributed by atoms with Crippen molar-refractivity contribution in [3.05, 3.63) is 59.7 Å². The highest BCUT2D eigenvalue weighted by molar-refractivity contribution is 5.81. The molecule has 2 aliphatic heterocycles. The Kier molecular flexibility index (Phi) is 17.7. The predicted molar refractivity (Wildman–Crippen MR) is 221 cm³/mol. The minimum Gasteiger partial charge on any atom is -0.480 e. The van der Waals surface area contributed by atoms with E-state index in [0.29, 0.717) is 0 Å². The van der Waals surface area contributed by atoms with Crippen LogP contribution in [0.25, 0.3) is 11.1 Å². The SMILES string of the molecule is CC(=O)N[C@@H]1[C@H](OC[C@H](NC(=O)OCC2c3ccccc3-c3ccccc32)C(=O)O)O[C@H](COC(C)=O)[C@@H](O[C@H]2O[C@@H](COC(C)=O)[C@H](OC(C)=O)[C@@H](OC(C)=O)[C@@H]2OC(C)=O)[C@@H]1OC(C)=O. The second-order valence-corrected chi connectivity index (χ2v) is 15.5. The van der Waals surface area contributed by atoms with E-state index in [1.165, 1.54) is 0 Å². The number of rotatable bonds is 18. The molecular formula is C44H52N2O21. The molecule has 0 aromatic heterocycles. The number of benzene rings is 2. The summed E-state index contributed by atoms with van der Waals surface area (Å²) in [5.41, 5.74) is 3.76. The molecule has 3 N–H and O–H groups in total. The molecule has 23 nitrogen and oxygen atoms in total. The van der Waals surface area contributed by atoms with E-state index in [1.54, 1.807) is 0 Å². The number of carboxylic acid groups (broad SMARTS) is 1. The van der Waals surface area contributed by atoms with Crippen molar-refractivity contribution in [2.75, 3.05) is 26.4 Å². The molecule has 2 heterocycles. The summed E-state index contributed by atoms with van der Waals surface area (Å²) in [6, 6.07) is 11.8. The molecular weight excluding hydrogens is 892 g/mol.